The lowest BCUT2D eigenvalue weighted by atomic mass is 10.2. The molecule has 0 aliphatic heterocycles. The summed E-state index contributed by atoms with van der Waals surface area (Å²) in [5.41, 5.74) is 6.78. The summed E-state index contributed by atoms with van der Waals surface area (Å²) in [6, 6.07) is 9.83. The van der Waals surface area contributed by atoms with E-state index in [1.54, 1.807) is 41.8 Å². The molecule has 0 spiro atoms. The summed E-state index contributed by atoms with van der Waals surface area (Å²) < 4.78 is 0. The molecule has 4 N–H and O–H groups in total. The Morgan fingerprint density at radius 3 is 2.58 bits per heavy atom. The van der Waals surface area contributed by atoms with Crippen molar-refractivity contribution in [2.45, 2.75) is 6.42 Å². The van der Waals surface area contributed by atoms with Gasteiger partial charge >= 0.3 is 0 Å². The van der Waals surface area contributed by atoms with Crippen LogP contribution >= 0.6 is 22.9 Å². The molecule has 26 heavy (non-hydrogen) atoms. The van der Waals surface area contributed by atoms with Gasteiger partial charge in [0.2, 0.25) is 11.8 Å². The topological polar surface area (TPSA) is 110 Å². The minimum Gasteiger partial charge on any atom is -0.366 e. The van der Waals surface area contributed by atoms with Gasteiger partial charge in [0.15, 0.2) is 5.13 Å². The van der Waals surface area contributed by atoms with E-state index in [0.717, 1.165) is 0 Å². The predicted molar refractivity (Wildman–Crippen MR) is 102 cm³/mol. The molecular weight excluding hydrogens is 374 g/mol. The zero-order valence-corrected chi connectivity index (χ0v) is 15.0. The first-order valence-electron chi connectivity index (χ1n) is 7.52. The lowest BCUT2D eigenvalue weighted by Crippen LogP contribution is -2.15. The maximum atomic E-state index is 12.1. The summed E-state index contributed by atoms with van der Waals surface area (Å²) in [7, 11) is 0. The van der Waals surface area contributed by atoms with Gasteiger partial charge in [-0.2, -0.15) is 0 Å². The van der Waals surface area contributed by atoms with Gasteiger partial charge in [0.05, 0.1) is 17.1 Å². The molecule has 2 aromatic heterocycles. The van der Waals surface area contributed by atoms with Gasteiger partial charge in [0.1, 0.15) is 5.82 Å². The number of pyridine rings is 1. The van der Waals surface area contributed by atoms with Crippen molar-refractivity contribution in [2.24, 2.45) is 5.73 Å². The lowest BCUT2D eigenvalue weighted by molar-refractivity contribution is -0.115. The van der Waals surface area contributed by atoms with E-state index in [9.17, 15) is 9.59 Å². The van der Waals surface area contributed by atoms with E-state index < -0.39 is 5.91 Å². The highest BCUT2D eigenvalue weighted by Crippen LogP contribution is 2.21. The lowest BCUT2D eigenvalue weighted by Gasteiger charge is -2.04. The van der Waals surface area contributed by atoms with Gasteiger partial charge in [0, 0.05) is 22.8 Å². The number of halogens is 1. The standard InChI is InChI=1S/C17H14ClN5O2S/c18-11-3-6-14(20-8-11)23-17-22-13(9-26-17)7-15(24)21-12-4-1-10(2-5-12)16(19)25/h1-6,8-9H,7H2,(H2,19,25)(H,21,24)(H,20,22,23). The first kappa shape index (κ1) is 17.8. The van der Waals surface area contributed by atoms with E-state index >= 15 is 0 Å². The van der Waals surface area contributed by atoms with Crippen LogP contribution in [-0.4, -0.2) is 21.8 Å². The molecule has 0 unspecified atom stereocenters. The largest absolute Gasteiger partial charge is 0.366 e. The SMILES string of the molecule is NC(=O)c1ccc(NC(=O)Cc2csc(Nc3ccc(Cl)cn3)n2)cc1. The molecule has 3 rings (SSSR count). The average molecular weight is 388 g/mol. The highest BCUT2D eigenvalue weighted by molar-refractivity contribution is 7.13. The average Bonchev–Trinajstić information content (AvgIpc) is 3.04. The molecule has 0 aliphatic carbocycles. The van der Waals surface area contributed by atoms with Crippen LogP contribution in [0.15, 0.2) is 48.0 Å². The first-order chi connectivity index (χ1) is 12.5. The highest BCUT2D eigenvalue weighted by Gasteiger charge is 2.09. The fourth-order valence-electron chi connectivity index (χ4n) is 2.09. The molecule has 9 heteroatoms. The van der Waals surface area contributed by atoms with Crippen LogP contribution in [0.2, 0.25) is 5.02 Å². The van der Waals surface area contributed by atoms with E-state index in [2.05, 4.69) is 20.6 Å². The van der Waals surface area contributed by atoms with Crippen LogP contribution in [0.1, 0.15) is 16.1 Å². The molecule has 7 nitrogen and oxygen atoms in total. The second kappa shape index (κ2) is 7.94. The van der Waals surface area contributed by atoms with Gasteiger partial charge in [-0.3, -0.25) is 9.59 Å². The molecule has 0 saturated carbocycles. The van der Waals surface area contributed by atoms with Crippen LogP contribution < -0.4 is 16.4 Å². The monoisotopic (exact) mass is 387 g/mol. The highest BCUT2D eigenvalue weighted by atomic mass is 35.5. The van der Waals surface area contributed by atoms with Gasteiger partial charge < -0.3 is 16.4 Å². The molecule has 1 aromatic carbocycles. The summed E-state index contributed by atoms with van der Waals surface area (Å²) in [6.45, 7) is 0. The number of amides is 2. The normalized spacial score (nSPS) is 10.3. The summed E-state index contributed by atoms with van der Waals surface area (Å²) >= 11 is 7.17. The van der Waals surface area contributed by atoms with Crippen LogP contribution in [0, 0.1) is 0 Å². The molecule has 2 amide bonds. The van der Waals surface area contributed by atoms with Crippen molar-refractivity contribution < 1.29 is 9.59 Å². The molecule has 0 bridgehead atoms. The number of carbonyl (C=O) groups excluding carboxylic acids is 2. The fraction of sp³-hybridized carbons (Fsp3) is 0.0588. The number of carbonyl (C=O) groups is 2. The van der Waals surface area contributed by atoms with Crippen LogP contribution in [0.4, 0.5) is 16.6 Å². The molecule has 0 fully saturated rings. The van der Waals surface area contributed by atoms with Crippen LogP contribution in [0.3, 0.4) is 0 Å². The Kier molecular flexibility index (Phi) is 5.45. The number of anilines is 3. The molecule has 0 atom stereocenters. The summed E-state index contributed by atoms with van der Waals surface area (Å²) in [4.78, 5) is 31.6. The Morgan fingerprint density at radius 1 is 1.15 bits per heavy atom. The Labute approximate surface area is 158 Å². The minimum atomic E-state index is -0.513. The first-order valence-corrected chi connectivity index (χ1v) is 8.78. The van der Waals surface area contributed by atoms with Gasteiger partial charge in [0.25, 0.3) is 0 Å². The second-order valence-electron chi connectivity index (χ2n) is 5.30. The Morgan fingerprint density at radius 2 is 1.92 bits per heavy atom. The number of rotatable bonds is 6. The van der Waals surface area contributed by atoms with E-state index in [-0.39, 0.29) is 12.3 Å². The molecule has 0 radical (unpaired) electrons. The number of thiazole rings is 1. The molecule has 3 aromatic rings. The molecule has 0 saturated heterocycles. The molecule has 2 heterocycles. The molecule has 132 valence electrons. The van der Waals surface area contributed by atoms with E-state index in [1.165, 1.54) is 17.5 Å². The Hall–Kier alpha value is -2.97. The van der Waals surface area contributed by atoms with Crippen molar-refractivity contribution in [1.82, 2.24) is 9.97 Å². The summed E-state index contributed by atoms with van der Waals surface area (Å²) in [5.74, 6) is -0.104. The number of aromatic nitrogens is 2. The number of nitrogens with two attached hydrogens (primary N) is 1. The van der Waals surface area contributed by atoms with Gasteiger partial charge in [-0.25, -0.2) is 9.97 Å². The Balaban J connectivity index is 1.57. The van der Waals surface area contributed by atoms with Crippen molar-refractivity contribution in [3.63, 3.8) is 0 Å². The number of hydrogen-bond donors (Lipinski definition) is 3. The number of hydrogen-bond acceptors (Lipinski definition) is 6. The number of benzene rings is 1. The zero-order chi connectivity index (χ0) is 18.5. The maximum absolute atomic E-state index is 12.1. The molecular formula is C17H14ClN5O2S. The minimum absolute atomic E-state index is 0.129. The van der Waals surface area contributed by atoms with Gasteiger partial charge in [-0.1, -0.05) is 11.6 Å². The van der Waals surface area contributed by atoms with Gasteiger partial charge in [-0.15, -0.1) is 11.3 Å². The van der Waals surface area contributed by atoms with Crippen molar-refractivity contribution in [2.75, 3.05) is 10.6 Å². The van der Waals surface area contributed by atoms with Crippen LogP contribution in [0.5, 0.6) is 0 Å². The van der Waals surface area contributed by atoms with E-state index in [4.69, 9.17) is 17.3 Å². The van der Waals surface area contributed by atoms with E-state index in [1.807, 2.05) is 0 Å². The number of nitrogens with zero attached hydrogens (tertiary/aromatic N) is 2. The summed E-state index contributed by atoms with van der Waals surface area (Å²) in [5, 5.41) is 8.79. The molecule has 0 aliphatic rings. The van der Waals surface area contributed by atoms with Crippen LogP contribution in [-0.2, 0) is 11.2 Å². The van der Waals surface area contributed by atoms with Crippen molar-refractivity contribution in [3.05, 3.63) is 64.3 Å². The van der Waals surface area contributed by atoms with Crippen LogP contribution in [0.25, 0.3) is 0 Å². The summed E-state index contributed by atoms with van der Waals surface area (Å²) in [6.07, 6.45) is 1.67. The number of primary amides is 1. The smallest absolute Gasteiger partial charge is 0.248 e. The third kappa shape index (κ3) is 4.78. The van der Waals surface area contributed by atoms with Gasteiger partial charge in [-0.05, 0) is 36.4 Å². The Bertz CT molecular complexity index is 925. The van der Waals surface area contributed by atoms with Crippen molar-refractivity contribution in [3.8, 4) is 0 Å². The third-order valence-electron chi connectivity index (χ3n) is 3.31. The zero-order valence-electron chi connectivity index (χ0n) is 13.4. The second-order valence-corrected chi connectivity index (χ2v) is 6.59. The predicted octanol–water partition coefficient (Wildman–Crippen LogP) is 3.22. The van der Waals surface area contributed by atoms with Crippen molar-refractivity contribution >= 4 is 51.4 Å². The van der Waals surface area contributed by atoms with E-state index in [0.29, 0.717) is 32.9 Å². The van der Waals surface area contributed by atoms with Crippen molar-refractivity contribution in [1.29, 1.82) is 0 Å². The number of nitrogens with one attached hydrogen (secondary N) is 2. The quantitative estimate of drug-likeness (QED) is 0.601. The maximum Gasteiger partial charge on any atom is 0.248 e. The fourth-order valence-corrected chi connectivity index (χ4v) is 2.92. The third-order valence-corrected chi connectivity index (χ3v) is 4.34.